The zero-order valence-corrected chi connectivity index (χ0v) is 13.2. The molecule has 2 rings (SSSR count). The summed E-state index contributed by atoms with van der Waals surface area (Å²) in [5.74, 6) is 0. The van der Waals surface area contributed by atoms with E-state index in [1.165, 1.54) is 8.89 Å². The van der Waals surface area contributed by atoms with Crippen LogP contribution in [-0.4, -0.2) is 40.9 Å². The minimum atomic E-state index is -4.13. The van der Waals surface area contributed by atoms with Crippen molar-refractivity contribution < 1.29 is 13.0 Å². The second-order valence-electron chi connectivity index (χ2n) is 4.16. The molecular weight excluding hydrogens is 259 g/mol. The summed E-state index contributed by atoms with van der Waals surface area (Å²) in [7, 11) is -4.13. The van der Waals surface area contributed by atoms with Gasteiger partial charge in [0.2, 0.25) is 0 Å². The summed E-state index contributed by atoms with van der Waals surface area (Å²) in [5, 5.41) is 1.33. The molecule has 0 saturated carbocycles. The fourth-order valence-electron chi connectivity index (χ4n) is 1.42. The molecule has 0 aliphatic heterocycles. The predicted octanol–water partition coefficient (Wildman–Crippen LogP) is 2.78. The van der Waals surface area contributed by atoms with Crippen molar-refractivity contribution in [3.8, 4) is 0 Å². The maximum Gasteiger partial charge on any atom is 0.295 e. The summed E-state index contributed by atoms with van der Waals surface area (Å²) >= 11 is 1.15. The molecule has 0 aromatic heterocycles. The molecule has 2 aromatic carbocycles. The van der Waals surface area contributed by atoms with Crippen LogP contribution < -0.4 is 0 Å². The summed E-state index contributed by atoms with van der Waals surface area (Å²) in [4.78, 5) is -0.0457. The fraction of sp³-hybridized carbons (Fsp3) is 0.0769. The van der Waals surface area contributed by atoms with Crippen molar-refractivity contribution in [2.75, 3.05) is 0 Å². The Morgan fingerprint density at radius 2 is 1.67 bits per heavy atom. The van der Waals surface area contributed by atoms with Gasteiger partial charge in [0.1, 0.15) is 4.90 Å². The summed E-state index contributed by atoms with van der Waals surface area (Å²) in [6.07, 6.45) is 0. The first-order chi connectivity index (χ1) is 8.32. The second kappa shape index (κ2) is 6.50. The van der Waals surface area contributed by atoms with Crippen LogP contribution in [0.15, 0.2) is 56.8 Å². The Labute approximate surface area is 125 Å². The summed E-state index contributed by atoms with van der Waals surface area (Å²) in [6.45, 7) is 5.65. The van der Waals surface area contributed by atoms with E-state index < -0.39 is 10.1 Å². The van der Waals surface area contributed by atoms with Crippen LogP contribution in [0.1, 0.15) is 6.92 Å². The van der Waals surface area contributed by atoms with Gasteiger partial charge in [-0.15, -0.1) is 0 Å². The van der Waals surface area contributed by atoms with Gasteiger partial charge < -0.3 is 0 Å². The fourth-order valence-corrected chi connectivity index (χ4v) is 2.13. The molecule has 0 amide bonds. The largest absolute Gasteiger partial charge is 0.295 e. The molecule has 0 aliphatic rings. The Kier molecular flexibility index (Phi) is 5.56. The number of hydrogen-bond acceptors (Lipinski definition) is 2. The third-order valence-electron chi connectivity index (χ3n) is 2.03. The number of rotatable bonds is 1. The van der Waals surface area contributed by atoms with Gasteiger partial charge in [0, 0.05) is 5.39 Å². The average Bonchev–Trinajstić information content (AvgIpc) is 2.26. The van der Waals surface area contributed by atoms with Crippen molar-refractivity contribution in [3.05, 3.63) is 51.9 Å². The SMILES string of the molecule is C=[C](C)[Na].O=S(=O)(O)c1cccc2ccccc12. The molecule has 90 valence electrons. The van der Waals surface area contributed by atoms with E-state index in [2.05, 4.69) is 6.58 Å². The van der Waals surface area contributed by atoms with E-state index in [4.69, 9.17) is 4.55 Å². The molecule has 1 N–H and O–H groups in total. The molecule has 0 fully saturated rings. The van der Waals surface area contributed by atoms with Gasteiger partial charge >= 0.3 is 44.3 Å². The van der Waals surface area contributed by atoms with Gasteiger partial charge in [-0.25, -0.2) is 0 Å². The van der Waals surface area contributed by atoms with Gasteiger partial charge in [-0.1, -0.05) is 36.4 Å². The van der Waals surface area contributed by atoms with Crippen molar-refractivity contribution in [1.82, 2.24) is 0 Å². The number of allylic oxidation sites excluding steroid dienone is 1. The van der Waals surface area contributed by atoms with E-state index in [-0.39, 0.29) is 4.90 Å². The van der Waals surface area contributed by atoms with Crippen molar-refractivity contribution in [2.45, 2.75) is 11.8 Å². The molecule has 5 heteroatoms. The molecule has 0 unspecified atom stereocenters. The van der Waals surface area contributed by atoms with E-state index in [0.29, 0.717) is 5.39 Å². The van der Waals surface area contributed by atoms with E-state index in [1.54, 1.807) is 30.3 Å². The normalized spacial score (nSPS) is 10.7. The van der Waals surface area contributed by atoms with Crippen LogP contribution in [0, 0.1) is 0 Å². The van der Waals surface area contributed by atoms with Crippen LogP contribution in [0.5, 0.6) is 0 Å². The van der Waals surface area contributed by atoms with Gasteiger partial charge in [-0.2, -0.15) is 8.42 Å². The topological polar surface area (TPSA) is 54.4 Å². The number of hydrogen-bond donors (Lipinski definition) is 1. The van der Waals surface area contributed by atoms with Gasteiger partial charge in [0.05, 0.1) is 0 Å². The molecule has 0 radical (unpaired) electrons. The van der Waals surface area contributed by atoms with E-state index in [0.717, 1.165) is 33.3 Å². The first-order valence-electron chi connectivity index (χ1n) is 5.39. The Bertz CT molecular complexity index is 653. The molecule has 0 heterocycles. The molecule has 0 saturated heterocycles. The van der Waals surface area contributed by atoms with Crippen LogP contribution in [-0.2, 0) is 10.1 Å². The van der Waals surface area contributed by atoms with Gasteiger partial charge in [-0.3, -0.25) is 4.55 Å². The van der Waals surface area contributed by atoms with Crippen molar-refractivity contribution >= 4 is 48.8 Å². The molecule has 18 heavy (non-hydrogen) atoms. The molecule has 0 atom stereocenters. The minimum absolute atomic E-state index is 0.0457. The minimum Gasteiger partial charge on any atom is -0.282 e. The zero-order valence-electron chi connectivity index (χ0n) is 10.4. The van der Waals surface area contributed by atoms with Crippen LogP contribution >= 0.6 is 0 Å². The average molecular weight is 272 g/mol. The van der Waals surface area contributed by atoms with E-state index in [1.807, 2.05) is 13.0 Å². The van der Waals surface area contributed by atoms with E-state index in [9.17, 15) is 8.42 Å². The Hall–Kier alpha value is -0.650. The van der Waals surface area contributed by atoms with Crippen molar-refractivity contribution in [1.29, 1.82) is 0 Å². The maximum atomic E-state index is 11.0. The number of fused-ring (bicyclic) bond motifs is 1. The summed E-state index contributed by atoms with van der Waals surface area (Å²) < 4.78 is 32.3. The molecule has 0 spiro atoms. The van der Waals surface area contributed by atoms with Crippen molar-refractivity contribution in [3.63, 3.8) is 0 Å². The Morgan fingerprint density at radius 1 is 1.17 bits per heavy atom. The zero-order chi connectivity index (χ0) is 13.8. The van der Waals surface area contributed by atoms with Gasteiger partial charge in [-0.05, 0) is 11.5 Å². The Morgan fingerprint density at radius 3 is 2.22 bits per heavy atom. The first kappa shape index (κ1) is 15.4. The predicted molar refractivity (Wildman–Crippen MR) is 74.3 cm³/mol. The van der Waals surface area contributed by atoms with Gasteiger partial charge in [0.15, 0.2) is 0 Å². The van der Waals surface area contributed by atoms with E-state index >= 15 is 0 Å². The molecule has 3 nitrogen and oxygen atoms in total. The quantitative estimate of drug-likeness (QED) is 0.641. The molecular formula is C13H13NaO3S. The summed E-state index contributed by atoms with van der Waals surface area (Å²) in [6, 6.07) is 11.8. The molecule has 2 aromatic rings. The first-order valence-corrected chi connectivity index (χ1v) is 7.84. The second-order valence-corrected chi connectivity index (χ2v) is 7.26. The van der Waals surface area contributed by atoms with Crippen molar-refractivity contribution in [2.24, 2.45) is 0 Å². The van der Waals surface area contributed by atoms with Crippen LogP contribution in [0.3, 0.4) is 0 Å². The monoisotopic (exact) mass is 272 g/mol. The van der Waals surface area contributed by atoms with Crippen LogP contribution in [0.2, 0.25) is 0 Å². The third-order valence-corrected chi connectivity index (χ3v) is 2.94. The van der Waals surface area contributed by atoms with Crippen LogP contribution in [0.4, 0.5) is 0 Å². The van der Waals surface area contributed by atoms with Crippen LogP contribution in [0.25, 0.3) is 10.8 Å². The van der Waals surface area contributed by atoms with Gasteiger partial charge in [0.25, 0.3) is 10.1 Å². The maximum absolute atomic E-state index is 11.0. The summed E-state index contributed by atoms with van der Waals surface area (Å²) in [5.41, 5.74) is 0. The third kappa shape index (κ3) is 4.55. The molecule has 0 bridgehead atoms. The number of benzene rings is 2. The standard InChI is InChI=1S/C10H8O3S.C3H5.Na/c11-14(12,13)10-7-3-5-8-4-1-2-6-9(8)10;1-3-2;/h1-7H,(H,11,12,13);1H2,2H3;. The smallest absolute Gasteiger partial charge is 0.282 e. The Balaban J connectivity index is 0.000000357. The molecule has 0 aliphatic carbocycles.